The Balaban J connectivity index is 1.18. The summed E-state index contributed by atoms with van der Waals surface area (Å²) >= 11 is 0. The first kappa shape index (κ1) is 39.4. The number of hydrogen-bond donors (Lipinski definition) is 0. The van der Waals surface area contributed by atoms with Crippen LogP contribution >= 0.6 is 0 Å². The molecule has 0 saturated carbocycles. The van der Waals surface area contributed by atoms with Gasteiger partial charge in [-0.15, -0.1) is 10.2 Å². The quantitative estimate of drug-likeness (QED) is 0.0597. The van der Waals surface area contributed by atoms with Gasteiger partial charge in [0.1, 0.15) is 5.54 Å². The molecule has 13 heteroatoms. The molecule has 0 aliphatic heterocycles. The van der Waals surface area contributed by atoms with Gasteiger partial charge >= 0.3 is 12.1 Å². The summed E-state index contributed by atoms with van der Waals surface area (Å²) in [4.78, 5) is 30.5. The molecule has 3 aromatic heterocycles. The lowest BCUT2D eigenvalue weighted by atomic mass is 9.77. The fourth-order valence-electron chi connectivity index (χ4n) is 7.81. The zero-order valence-electron chi connectivity index (χ0n) is 33.8. The van der Waals surface area contributed by atoms with E-state index in [2.05, 4.69) is 59.8 Å². The van der Waals surface area contributed by atoms with Crippen LogP contribution < -0.4 is 0 Å². The average molecular weight is 801 g/mol. The standard InChI is InChI=1S/C47H44N8O5/c1-5-38-42(45(56)59-32(4)60-46(57)58-7-3)53(55-43(38)48-41(6-2)50-55)31-33-27-29-34(30-28-33)39-25-17-18-26-40(39)44-49-51-52-54(44)47(35-19-11-8-12-20-35,36-21-13-9-14-22-36)37-23-15-10-16-24-37/h8-30,32H,5-7,31H2,1-4H3. The van der Waals surface area contributed by atoms with E-state index in [1.165, 1.54) is 6.92 Å². The Morgan fingerprint density at radius 3 is 1.85 bits per heavy atom. The van der Waals surface area contributed by atoms with Crippen molar-refractivity contribution in [2.75, 3.05) is 6.61 Å². The van der Waals surface area contributed by atoms with Crippen molar-refractivity contribution in [1.29, 1.82) is 0 Å². The Morgan fingerprint density at radius 1 is 0.700 bits per heavy atom. The lowest BCUT2D eigenvalue weighted by Gasteiger charge is -2.36. The van der Waals surface area contributed by atoms with Gasteiger partial charge in [-0.05, 0) is 57.2 Å². The number of nitrogens with zero attached hydrogens (tertiary/aromatic N) is 8. The van der Waals surface area contributed by atoms with Crippen LogP contribution in [0.3, 0.4) is 0 Å². The third kappa shape index (κ3) is 7.30. The molecule has 302 valence electrons. The molecule has 1 unspecified atom stereocenters. The number of ether oxygens (including phenoxy) is 3. The van der Waals surface area contributed by atoms with Gasteiger partial charge in [0.25, 0.3) is 0 Å². The Labute approximate surface area is 347 Å². The second kappa shape index (κ2) is 17.2. The number of esters is 1. The number of carbonyl (C=O) groups is 2. The molecule has 13 nitrogen and oxygen atoms in total. The minimum atomic E-state index is -1.19. The van der Waals surface area contributed by atoms with Crippen LogP contribution in [0.25, 0.3) is 28.2 Å². The number of rotatable bonds is 14. The Bertz CT molecular complexity index is 2630. The van der Waals surface area contributed by atoms with Crippen molar-refractivity contribution in [1.82, 2.24) is 39.6 Å². The summed E-state index contributed by atoms with van der Waals surface area (Å²) in [6, 6.07) is 47.2. The fraction of sp³-hybridized carbons (Fsp3) is 0.213. The molecule has 0 saturated heterocycles. The molecule has 0 N–H and O–H groups in total. The van der Waals surface area contributed by atoms with Crippen LogP contribution in [0.5, 0.6) is 0 Å². The van der Waals surface area contributed by atoms with Crippen molar-refractivity contribution in [2.24, 2.45) is 0 Å². The van der Waals surface area contributed by atoms with Gasteiger partial charge in [-0.25, -0.2) is 19.3 Å². The Hall–Kier alpha value is -7.41. The molecule has 1 atom stereocenters. The maximum Gasteiger partial charge on any atom is 0.511 e. The first-order valence-electron chi connectivity index (χ1n) is 20.0. The molecule has 5 aromatic carbocycles. The number of carbonyl (C=O) groups excluding carboxylic acids is 2. The zero-order valence-corrected chi connectivity index (χ0v) is 33.8. The van der Waals surface area contributed by atoms with Gasteiger partial charge in [-0.2, -0.15) is 4.63 Å². The molecule has 3 heterocycles. The zero-order chi connectivity index (χ0) is 41.6. The predicted octanol–water partition coefficient (Wildman–Crippen LogP) is 8.54. The van der Waals surface area contributed by atoms with Crippen LogP contribution in [0.15, 0.2) is 140 Å². The topological polar surface area (TPSA) is 141 Å². The minimum Gasteiger partial charge on any atom is -0.435 e. The van der Waals surface area contributed by atoms with Crippen LogP contribution in [-0.4, -0.2) is 64.6 Å². The van der Waals surface area contributed by atoms with Gasteiger partial charge in [0.05, 0.1) is 13.2 Å². The average Bonchev–Trinajstić information content (AvgIpc) is 4.01. The largest absolute Gasteiger partial charge is 0.511 e. The molecule has 0 radical (unpaired) electrons. The lowest BCUT2D eigenvalue weighted by Crippen LogP contribution is -2.39. The maximum atomic E-state index is 13.8. The van der Waals surface area contributed by atoms with Gasteiger partial charge in [-0.1, -0.05) is 153 Å². The highest BCUT2D eigenvalue weighted by Gasteiger charge is 2.42. The van der Waals surface area contributed by atoms with E-state index in [0.29, 0.717) is 35.7 Å². The van der Waals surface area contributed by atoms with Crippen LogP contribution in [0, 0.1) is 0 Å². The summed E-state index contributed by atoms with van der Waals surface area (Å²) < 4.78 is 20.9. The number of aryl methyl sites for hydroxylation is 2. The van der Waals surface area contributed by atoms with Crippen LogP contribution in [0.2, 0.25) is 0 Å². The lowest BCUT2D eigenvalue weighted by molar-refractivity contribution is -0.0817. The van der Waals surface area contributed by atoms with E-state index in [1.54, 1.807) is 16.2 Å². The summed E-state index contributed by atoms with van der Waals surface area (Å²) in [6.07, 6.45) is -0.996. The Morgan fingerprint density at radius 2 is 1.28 bits per heavy atom. The van der Waals surface area contributed by atoms with E-state index >= 15 is 0 Å². The first-order valence-corrected chi connectivity index (χ1v) is 20.0. The molecule has 8 aromatic rings. The smallest absolute Gasteiger partial charge is 0.435 e. The number of fused-ring (bicyclic) bond motifs is 1. The maximum absolute atomic E-state index is 13.8. The molecular weight excluding hydrogens is 757 g/mol. The van der Waals surface area contributed by atoms with Crippen molar-refractivity contribution in [3.63, 3.8) is 0 Å². The van der Waals surface area contributed by atoms with Gasteiger partial charge in [0.2, 0.25) is 6.29 Å². The second-order valence-electron chi connectivity index (χ2n) is 14.1. The van der Waals surface area contributed by atoms with Crippen molar-refractivity contribution in [3.05, 3.63) is 179 Å². The molecule has 0 bridgehead atoms. The highest BCUT2D eigenvalue weighted by molar-refractivity contribution is 5.91. The summed E-state index contributed by atoms with van der Waals surface area (Å²) in [5, 5.41) is 18.5. The summed E-state index contributed by atoms with van der Waals surface area (Å²) in [6.45, 7) is 7.46. The summed E-state index contributed by atoms with van der Waals surface area (Å²) in [7, 11) is 0. The van der Waals surface area contributed by atoms with E-state index in [4.69, 9.17) is 34.6 Å². The highest BCUT2D eigenvalue weighted by atomic mass is 16.8. The van der Waals surface area contributed by atoms with Crippen molar-refractivity contribution < 1.29 is 23.8 Å². The molecule has 60 heavy (non-hydrogen) atoms. The van der Waals surface area contributed by atoms with Gasteiger partial charge < -0.3 is 14.2 Å². The highest BCUT2D eigenvalue weighted by Crippen LogP contribution is 2.43. The van der Waals surface area contributed by atoms with Gasteiger partial charge in [0, 0.05) is 24.5 Å². The normalized spacial score (nSPS) is 12.0. The Kier molecular flexibility index (Phi) is 11.3. The van der Waals surface area contributed by atoms with E-state index in [0.717, 1.165) is 38.9 Å². The van der Waals surface area contributed by atoms with E-state index in [9.17, 15) is 9.59 Å². The van der Waals surface area contributed by atoms with E-state index < -0.39 is 24.0 Å². The summed E-state index contributed by atoms with van der Waals surface area (Å²) in [5.41, 5.74) is 7.24. The molecular formula is C47H44N8O5. The molecule has 0 aliphatic rings. The summed E-state index contributed by atoms with van der Waals surface area (Å²) in [5.74, 6) is 0.572. The van der Waals surface area contributed by atoms with E-state index in [-0.39, 0.29) is 18.8 Å². The number of benzene rings is 5. The van der Waals surface area contributed by atoms with Crippen molar-refractivity contribution >= 4 is 17.8 Å². The van der Waals surface area contributed by atoms with E-state index in [1.807, 2.05) is 103 Å². The van der Waals surface area contributed by atoms with Gasteiger partial charge in [0.15, 0.2) is 23.0 Å². The molecule has 0 fully saturated rings. The third-order valence-electron chi connectivity index (χ3n) is 10.5. The fourth-order valence-corrected chi connectivity index (χ4v) is 7.81. The molecule has 8 rings (SSSR count). The SMILES string of the molecule is CCOC(=O)OC(C)OC(=O)c1c(CC)c2nc(CC)nn2n1Cc1ccc(-c2ccccc2-c2nnnn2C(c2ccccc2)(c2ccccc2)c2ccccc2)cc1. The third-order valence-corrected chi connectivity index (χ3v) is 10.5. The van der Waals surface area contributed by atoms with Crippen LogP contribution in [-0.2, 0) is 39.1 Å². The molecule has 0 aliphatic carbocycles. The van der Waals surface area contributed by atoms with Crippen molar-refractivity contribution in [2.45, 2.75) is 58.9 Å². The predicted molar refractivity (Wildman–Crippen MR) is 225 cm³/mol. The van der Waals surface area contributed by atoms with Crippen molar-refractivity contribution in [3.8, 4) is 22.5 Å². The monoisotopic (exact) mass is 800 g/mol. The second-order valence-corrected chi connectivity index (χ2v) is 14.1. The van der Waals surface area contributed by atoms with Crippen LogP contribution in [0.1, 0.15) is 71.8 Å². The molecule has 0 amide bonds. The van der Waals surface area contributed by atoms with Gasteiger partial charge in [-0.3, -0.25) is 4.68 Å². The van der Waals surface area contributed by atoms with Crippen LogP contribution in [0.4, 0.5) is 4.79 Å². The number of hydrogen-bond acceptors (Lipinski definition) is 10. The number of aromatic nitrogens is 8. The molecule has 0 spiro atoms. The first-order chi connectivity index (χ1) is 29.4. The number of tetrazole rings is 1. The minimum absolute atomic E-state index is 0.131.